The molecular weight excluding hydrogens is 429 g/mol. The van der Waals surface area contributed by atoms with Crippen LogP contribution in [0.2, 0.25) is 0 Å². The van der Waals surface area contributed by atoms with Gasteiger partial charge < -0.3 is 15.2 Å². The number of phenolic OH excluding ortho intramolecular Hbond substituents is 1. The van der Waals surface area contributed by atoms with E-state index in [1.54, 1.807) is 50.2 Å². The maximum Gasteiger partial charge on any atom is 0.417 e. The number of H-pyrrole nitrogens is 1. The number of hydrogen-bond donors (Lipinski definition) is 3. The molecule has 0 spiro atoms. The molecule has 0 saturated heterocycles. The van der Waals surface area contributed by atoms with E-state index in [0.717, 1.165) is 5.56 Å². The predicted octanol–water partition coefficient (Wildman–Crippen LogP) is 6.93. The molecule has 0 aliphatic heterocycles. The van der Waals surface area contributed by atoms with Crippen molar-refractivity contribution in [3.05, 3.63) is 70.7 Å². The van der Waals surface area contributed by atoms with Gasteiger partial charge in [0.2, 0.25) is 5.69 Å². The number of benzene rings is 2. The standard InChI is InChI=1S/C26H29F3N2O2/c1-23(2,3)16-11-12-21(32)18(13-16)24(4,5)15-25(33,26(27,28)29)14-20-22(30-6)17-9-7-8-10-19(17)31-20/h7-13,31-33H,14-15H2,1-5H3. The molecule has 0 aliphatic carbocycles. The lowest BCUT2D eigenvalue weighted by Crippen LogP contribution is -2.51. The summed E-state index contributed by atoms with van der Waals surface area (Å²) < 4.78 is 42.9. The van der Waals surface area contributed by atoms with Gasteiger partial charge >= 0.3 is 6.18 Å². The zero-order valence-corrected chi connectivity index (χ0v) is 19.4. The van der Waals surface area contributed by atoms with E-state index in [9.17, 15) is 23.4 Å². The van der Waals surface area contributed by atoms with Crippen molar-refractivity contribution in [1.29, 1.82) is 0 Å². The van der Waals surface area contributed by atoms with Gasteiger partial charge in [-0.15, -0.1) is 0 Å². The Balaban J connectivity index is 2.07. The van der Waals surface area contributed by atoms with Crippen molar-refractivity contribution in [3.8, 4) is 5.75 Å². The molecule has 176 valence electrons. The zero-order chi connectivity index (χ0) is 24.8. The first-order valence-corrected chi connectivity index (χ1v) is 10.7. The fourth-order valence-electron chi connectivity index (χ4n) is 4.36. The van der Waals surface area contributed by atoms with E-state index in [4.69, 9.17) is 6.57 Å². The van der Waals surface area contributed by atoms with E-state index in [1.807, 2.05) is 20.8 Å². The summed E-state index contributed by atoms with van der Waals surface area (Å²) in [6, 6.07) is 11.7. The normalized spacial score (nSPS) is 14.8. The SMILES string of the molecule is [C-]#[N+]c1c(CC(O)(CC(C)(C)c2cc(C(C)(C)C)ccc2O)C(F)(F)F)[nH]c2ccccc12. The third kappa shape index (κ3) is 4.72. The van der Waals surface area contributed by atoms with Crippen molar-refractivity contribution in [3.63, 3.8) is 0 Å². The molecule has 0 aliphatic rings. The Morgan fingerprint density at radius 2 is 1.64 bits per heavy atom. The molecule has 0 bridgehead atoms. The lowest BCUT2D eigenvalue weighted by Gasteiger charge is -2.38. The number of fused-ring (bicyclic) bond motifs is 1. The predicted molar refractivity (Wildman–Crippen MR) is 124 cm³/mol. The van der Waals surface area contributed by atoms with Crippen LogP contribution in [0.25, 0.3) is 15.7 Å². The van der Waals surface area contributed by atoms with Gasteiger partial charge in [0.15, 0.2) is 5.60 Å². The molecule has 0 fully saturated rings. The minimum Gasteiger partial charge on any atom is -0.508 e. The van der Waals surface area contributed by atoms with Crippen molar-refractivity contribution in [1.82, 2.24) is 4.98 Å². The van der Waals surface area contributed by atoms with Gasteiger partial charge in [-0.1, -0.05) is 65.0 Å². The molecule has 1 atom stereocenters. The highest BCUT2D eigenvalue weighted by Crippen LogP contribution is 2.47. The van der Waals surface area contributed by atoms with Gasteiger partial charge in [0.1, 0.15) is 5.75 Å². The van der Waals surface area contributed by atoms with Crippen molar-refractivity contribution in [2.24, 2.45) is 0 Å². The molecule has 0 radical (unpaired) electrons. The highest BCUT2D eigenvalue weighted by atomic mass is 19.4. The Labute approximate surface area is 191 Å². The number of aromatic hydroxyl groups is 1. The molecule has 0 saturated carbocycles. The molecule has 1 unspecified atom stereocenters. The van der Waals surface area contributed by atoms with Crippen molar-refractivity contribution >= 4 is 16.6 Å². The van der Waals surface area contributed by atoms with E-state index >= 15 is 0 Å². The van der Waals surface area contributed by atoms with Crippen molar-refractivity contribution < 1.29 is 23.4 Å². The van der Waals surface area contributed by atoms with Crippen molar-refractivity contribution in [2.45, 2.75) is 70.1 Å². The number of aliphatic hydroxyl groups is 1. The summed E-state index contributed by atoms with van der Waals surface area (Å²) in [7, 11) is 0. The number of nitrogens with zero attached hydrogens (tertiary/aromatic N) is 1. The lowest BCUT2D eigenvalue weighted by molar-refractivity contribution is -0.266. The Morgan fingerprint density at radius 1 is 1.00 bits per heavy atom. The summed E-state index contributed by atoms with van der Waals surface area (Å²) in [5.74, 6) is -0.120. The van der Waals surface area contributed by atoms with E-state index in [0.29, 0.717) is 16.5 Å². The Morgan fingerprint density at radius 3 is 2.21 bits per heavy atom. The molecule has 7 heteroatoms. The van der Waals surface area contributed by atoms with Crippen LogP contribution in [0.4, 0.5) is 18.9 Å². The monoisotopic (exact) mass is 458 g/mol. The summed E-state index contributed by atoms with van der Waals surface area (Å²) in [4.78, 5) is 6.32. The molecule has 3 rings (SSSR count). The highest BCUT2D eigenvalue weighted by Gasteiger charge is 2.56. The maximum absolute atomic E-state index is 14.3. The molecule has 2 aromatic carbocycles. The first kappa shape index (κ1) is 24.7. The Hall–Kier alpha value is -2.98. The molecule has 0 amide bonds. The van der Waals surface area contributed by atoms with E-state index in [1.165, 1.54) is 6.07 Å². The van der Waals surface area contributed by atoms with Gasteiger partial charge in [-0.25, -0.2) is 4.85 Å². The second-order valence-electron chi connectivity index (χ2n) is 10.4. The Kier molecular flexibility index (Phi) is 6.06. The molecule has 33 heavy (non-hydrogen) atoms. The first-order valence-electron chi connectivity index (χ1n) is 10.7. The van der Waals surface area contributed by atoms with Crippen LogP contribution in [0.1, 0.15) is 57.9 Å². The smallest absolute Gasteiger partial charge is 0.417 e. The number of alkyl halides is 3. The average Bonchev–Trinajstić information content (AvgIpc) is 3.02. The van der Waals surface area contributed by atoms with Gasteiger partial charge in [0, 0.05) is 23.0 Å². The highest BCUT2D eigenvalue weighted by molar-refractivity contribution is 5.94. The van der Waals surface area contributed by atoms with Crippen LogP contribution in [0.3, 0.4) is 0 Å². The average molecular weight is 459 g/mol. The minimum absolute atomic E-state index is 0.0366. The third-order valence-corrected chi connectivity index (χ3v) is 6.19. The van der Waals surface area contributed by atoms with Crippen LogP contribution in [-0.2, 0) is 17.3 Å². The fourth-order valence-corrected chi connectivity index (χ4v) is 4.36. The van der Waals surface area contributed by atoms with Gasteiger partial charge in [-0.3, -0.25) is 0 Å². The largest absolute Gasteiger partial charge is 0.508 e. The number of rotatable bonds is 5. The number of para-hydroxylation sites is 1. The zero-order valence-electron chi connectivity index (χ0n) is 19.4. The van der Waals surface area contributed by atoms with Gasteiger partial charge in [0.25, 0.3) is 0 Å². The lowest BCUT2D eigenvalue weighted by atomic mass is 9.72. The van der Waals surface area contributed by atoms with Crippen LogP contribution in [0, 0.1) is 6.57 Å². The summed E-state index contributed by atoms with van der Waals surface area (Å²) in [6.07, 6.45) is -6.46. The summed E-state index contributed by atoms with van der Waals surface area (Å²) in [6.45, 7) is 16.6. The molecule has 4 nitrogen and oxygen atoms in total. The number of aromatic nitrogens is 1. The number of nitrogens with one attached hydrogen (secondary N) is 1. The molecule has 3 N–H and O–H groups in total. The van der Waals surface area contributed by atoms with Crippen LogP contribution in [0.5, 0.6) is 5.75 Å². The van der Waals surface area contributed by atoms with E-state index < -0.39 is 30.0 Å². The minimum atomic E-state index is -4.96. The van der Waals surface area contributed by atoms with Gasteiger partial charge in [-0.2, -0.15) is 13.2 Å². The summed E-state index contributed by atoms with van der Waals surface area (Å²) >= 11 is 0. The topological polar surface area (TPSA) is 60.6 Å². The molecular formula is C26H29F3N2O2. The first-order chi connectivity index (χ1) is 15.1. The quantitative estimate of drug-likeness (QED) is 0.363. The number of aromatic amines is 1. The maximum atomic E-state index is 14.3. The van der Waals surface area contributed by atoms with Crippen LogP contribution >= 0.6 is 0 Å². The van der Waals surface area contributed by atoms with Crippen molar-refractivity contribution in [2.75, 3.05) is 0 Å². The number of hydrogen-bond acceptors (Lipinski definition) is 2. The second kappa shape index (κ2) is 8.11. The molecule has 1 heterocycles. The molecule has 3 aromatic rings. The summed E-state index contributed by atoms with van der Waals surface area (Å²) in [5, 5.41) is 22.0. The van der Waals surface area contributed by atoms with Crippen LogP contribution < -0.4 is 0 Å². The number of phenols is 1. The molecule has 1 aromatic heterocycles. The van der Waals surface area contributed by atoms with E-state index in [-0.39, 0.29) is 22.5 Å². The van der Waals surface area contributed by atoms with Crippen LogP contribution in [-0.4, -0.2) is 27.0 Å². The fraction of sp³-hybridized carbons (Fsp3) is 0.423. The van der Waals surface area contributed by atoms with Crippen LogP contribution in [0.15, 0.2) is 42.5 Å². The van der Waals surface area contributed by atoms with Gasteiger partial charge in [0.05, 0.1) is 6.57 Å². The summed E-state index contributed by atoms with van der Waals surface area (Å²) in [5.41, 5.74) is -2.77. The van der Waals surface area contributed by atoms with Gasteiger partial charge in [-0.05, 0) is 40.5 Å². The Bertz CT molecular complexity index is 1210. The van der Waals surface area contributed by atoms with E-state index in [2.05, 4.69) is 9.83 Å². The third-order valence-electron chi connectivity index (χ3n) is 6.19. The second-order valence-corrected chi connectivity index (χ2v) is 10.4. The number of halogens is 3.